The Labute approximate surface area is 184 Å². The Bertz CT molecular complexity index is 827. The molecule has 2 aromatic rings. The van der Waals surface area contributed by atoms with Crippen LogP contribution in [-0.4, -0.2) is 44.1 Å². The summed E-state index contributed by atoms with van der Waals surface area (Å²) in [5.41, 5.74) is 2.06. The number of anilines is 1. The largest absolute Gasteiger partial charge is 0.494 e. The number of ether oxygens (including phenoxy) is 3. The molecule has 166 valence electrons. The number of urea groups is 1. The molecular formula is C25H32N2O4. The van der Waals surface area contributed by atoms with E-state index in [1.807, 2.05) is 30.3 Å². The Morgan fingerprint density at radius 3 is 2.58 bits per heavy atom. The van der Waals surface area contributed by atoms with Gasteiger partial charge in [-0.25, -0.2) is 4.79 Å². The molecule has 0 aliphatic carbocycles. The zero-order valence-corrected chi connectivity index (χ0v) is 18.1. The molecule has 4 atom stereocenters. The maximum Gasteiger partial charge on any atom is 0.319 e. The van der Waals surface area contributed by atoms with E-state index in [4.69, 9.17) is 14.2 Å². The van der Waals surface area contributed by atoms with Gasteiger partial charge in [-0.15, -0.1) is 0 Å². The van der Waals surface area contributed by atoms with Gasteiger partial charge in [-0.3, -0.25) is 0 Å². The Kier molecular flexibility index (Phi) is 7.43. The van der Waals surface area contributed by atoms with Gasteiger partial charge in [0.1, 0.15) is 11.9 Å². The van der Waals surface area contributed by atoms with Crippen LogP contribution < -0.4 is 15.4 Å². The smallest absolute Gasteiger partial charge is 0.319 e. The van der Waals surface area contributed by atoms with Crippen LogP contribution >= 0.6 is 0 Å². The number of aryl methyl sites for hydroxylation is 1. The summed E-state index contributed by atoms with van der Waals surface area (Å²) in [6, 6.07) is 17.5. The number of hydrogen-bond donors (Lipinski definition) is 2. The highest BCUT2D eigenvalue weighted by molar-refractivity contribution is 5.89. The van der Waals surface area contributed by atoms with Gasteiger partial charge in [0.15, 0.2) is 0 Å². The van der Waals surface area contributed by atoms with Gasteiger partial charge in [0, 0.05) is 11.6 Å². The van der Waals surface area contributed by atoms with E-state index >= 15 is 0 Å². The monoisotopic (exact) mass is 424 g/mol. The van der Waals surface area contributed by atoms with E-state index < -0.39 is 0 Å². The summed E-state index contributed by atoms with van der Waals surface area (Å²) in [6.45, 7) is 4.00. The van der Waals surface area contributed by atoms with Crippen LogP contribution in [0.1, 0.15) is 31.7 Å². The fourth-order valence-corrected chi connectivity index (χ4v) is 4.25. The fourth-order valence-electron chi connectivity index (χ4n) is 4.25. The van der Waals surface area contributed by atoms with Crippen LogP contribution in [0.5, 0.6) is 5.75 Å². The zero-order chi connectivity index (χ0) is 21.5. The van der Waals surface area contributed by atoms with Crippen LogP contribution in [0.15, 0.2) is 54.6 Å². The van der Waals surface area contributed by atoms with Gasteiger partial charge in [-0.2, -0.15) is 0 Å². The number of benzene rings is 2. The number of nitrogens with one attached hydrogen (secondary N) is 2. The first-order valence-corrected chi connectivity index (χ1v) is 11.3. The topological polar surface area (TPSA) is 68.8 Å². The molecule has 2 aliphatic heterocycles. The minimum absolute atomic E-state index is 0.0496. The highest BCUT2D eigenvalue weighted by atomic mass is 16.6. The third-order valence-electron chi connectivity index (χ3n) is 6.00. The number of rotatable bonds is 9. The lowest BCUT2D eigenvalue weighted by Crippen LogP contribution is -2.45. The highest BCUT2D eigenvalue weighted by Crippen LogP contribution is 2.33. The van der Waals surface area contributed by atoms with E-state index in [0.717, 1.165) is 37.1 Å². The Morgan fingerprint density at radius 2 is 1.81 bits per heavy atom. The average Bonchev–Trinajstić information content (AvgIpc) is 3.37. The van der Waals surface area contributed by atoms with E-state index in [9.17, 15) is 4.79 Å². The quantitative estimate of drug-likeness (QED) is 0.586. The molecule has 2 N–H and O–H groups in total. The molecule has 0 aromatic heterocycles. The number of unbranched alkanes of at least 4 members (excludes halogenated alkanes) is 1. The van der Waals surface area contributed by atoms with Crippen LogP contribution in [0.3, 0.4) is 0 Å². The van der Waals surface area contributed by atoms with Gasteiger partial charge < -0.3 is 24.8 Å². The Balaban J connectivity index is 1.22. The summed E-state index contributed by atoms with van der Waals surface area (Å²) >= 11 is 0. The molecule has 1 unspecified atom stereocenters. The number of carbonyl (C=O) groups is 1. The number of fused-ring (bicyclic) bond motifs is 1. The SMILES string of the molecule is CCCCOc1ccc(NC(=O)N[C@H]2COC3[C@H](CCc4ccccc4)CO[C@@H]32)cc1. The van der Waals surface area contributed by atoms with Gasteiger partial charge in [-0.1, -0.05) is 43.7 Å². The molecule has 0 spiro atoms. The summed E-state index contributed by atoms with van der Waals surface area (Å²) in [7, 11) is 0. The molecule has 0 radical (unpaired) electrons. The van der Waals surface area contributed by atoms with Crippen LogP contribution in [0, 0.1) is 5.92 Å². The molecule has 2 amide bonds. The molecule has 6 nitrogen and oxygen atoms in total. The van der Waals surface area contributed by atoms with E-state index in [0.29, 0.717) is 25.7 Å². The van der Waals surface area contributed by atoms with E-state index in [1.165, 1.54) is 5.56 Å². The summed E-state index contributed by atoms with van der Waals surface area (Å²) < 4.78 is 17.7. The molecule has 2 fully saturated rings. The van der Waals surface area contributed by atoms with Crippen molar-refractivity contribution >= 4 is 11.7 Å². The van der Waals surface area contributed by atoms with Crippen LogP contribution in [0.25, 0.3) is 0 Å². The van der Waals surface area contributed by atoms with Gasteiger partial charge in [0.25, 0.3) is 0 Å². The molecule has 0 bridgehead atoms. The van der Waals surface area contributed by atoms with Crippen molar-refractivity contribution in [3.8, 4) is 5.75 Å². The molecule has 31 heavy (non-hydrogen) atoms. The predicted molar refractivity (Wildman–Crippen MR) is 121 cm³/mol. The Hall–Kier alpha value is -2.57. The van der Waals surface area contributed by atoms with Gasteiger partial charge in [-0.05, 0) is 49.1 Å². The molecular weight excluding hydrogens is 392 g/mol. The van der Waals surface area contributed by atoms with Crippen molar-refractivity contribution in [1.29, 1.82) is 0 Å². The maximum atomic E-state index is 12.5. The van der Waals surface area contributed by atoms with Crippen LogP contribution in [0.4, 0.5) is 10.5 Å². The van der Waals surface area contributed by atoms with E-state index in [2.05, 4.69) is 41.8 Å². The van der Waals surface area contributed by atoms with E-state index in [-0.39, 0.29) is 24.3 Å². The molecule has 2 saturated heterocycles. The van der Waals surface area contributed by atoms with Crippen molar-refractivity contribution in [2.45, 2.75) is 50.9 Å². The molecule has 4 rings (SSSR count). The number of carbonyl (C=O) groups excluding carboxylic acids is 1. The average molecular weight is 425 g/mol. The Morgan fingerprint density at radius 1 is 1.03 bits per heavy atom. The lowest BCUT2D eigenvalue weighted by Gasteiger charge is -2.18. The first-order valence-electron chi connectivity index (χ1n) is 11.3. The second-order valence-electron chi connectivity index (χ2n) is 8.31. The molecule has 2 heterocycles. The lowest BCUT2D eigenvalue weighted by atomic mass is 9.93. The van der Waals surface area contributed by atoms with Crippen molar-refractivity contribution < 1.29 is 19.0 Å². The molecule has 6 heteroatoms. The number of hydrogen-bond acceptors (Lipinski definition) is 4. The third-order valence-corrected chi connectivity index (χ3v) is 6.00. The van der Waals surface area contributed by atoms with Crippen molar-refractivity contribution in [3.05, 3.63) is 60.2 Å². The minimum atomic E-state index is -0.245. The normalized spacial score (nSPS) is 24.5. The lowest BCUT2D eigenvalue weighted by molar-refractivity contribution is 0.0615. The fraction of sp³-hybridized carbons (Fsp3) is 0.480. The number of amides is 2. The zero-order valence-electron chi connectivity index (χ0n) is 18.1. The molecule has 2 aromatic carbocycles. The summed E-state index contributed by atoms with van der Waals surface area (Å²) in [5, 5.41) is 5.90. The molecule has 0 saturated carbocycles. The minimum Gasteiger partial charge on any atom is -0.494 e. The molecule has 2 aliphatic rings. The first kappa shape index (κ1) is 21.7. The van der Waals surface area contributed by atoms with Crippen molar-refractivity contribution in [2.75, 3.05) is 25.1 Å². The first-order chi connectivity index (χ1) is 15.2. The second kappa shape index (κ2) is 10.6. The van der Waals surface area contributed by atoms with Crippen LogP contribution in [0.2, 0.25) is 0 Å². The summed E-state index contributed by atoms with van der Waals surface area (Å²) in [4.78, 5) is 12.5. The van der Waals surface area contributed by atoms with Gasteiger partial charge in [0.2, 0.25) is 0 Å². The van der Waals surface area contributed by atoms with Gasteiger partial charge in [0.05, 0.1) is 32.0 Å². The summed E-state index contributed by atoms with van der Waals surface area (Å²) in [6.07, 6.45) is 4.14. The maximum absolute atomic E-state index is 12.5. The summed E-state index contributed by atoms with van der Waals surface area (Å²) in [5.74, 6) is 1.17. The second-order valence-corrected chi connectivity index (χ2v) is 8.31. The third kappa shape index (κ3) is 5.77. The van der Waals surface area contributed by atoms with E-state index in [1.54, 1.807) is 0 Å². The standard InChI is InChI=1S/C25H32N2O4/c1-2-3-15-29-21-13-11-20(12-14-21)26-25(28)27-22-17-31-23-19(16-30-24(22)23)10-9-18-7-5-4-6-8-18/h4-8,11-14,19,22-24H,2-3,9-10,15-17H2,1H3,(H2,26,27,28)/t19-,22+,23?,24-/m1/s1. The van der Waals surface area contributed by atoms with Crippen LogP contribution in [-0.2, 0) is 15.9 Å². The predicted octanol–water partition coefficient (Wildman–Crippen LogP) is 4.40. The van der Waals surface area contributed by atoms with Gasteiger partial charge >= 0.3 is 6.03 Å². The van der Waals surface area contributed by atoms with Crippen molar-refractivity contribution in [3.63, 3.8) is 0 Å². The highest BCUT2D eigenvalue weighted by Gasteiger charge is 2.47. The van der Waals surface area contributed by atoms with Crippen molar-refractivity contribution in [2.24, 2.45) is 5.92 Å². The van der Waals surface area contributed by atoms with Crippen molar-refractivity contribution in [1.82, 2.24) is 5.32 Å².